The summed E-state index contributed by atoms with van der Waals surface area (Å²) in [5.74, 6) is 0.435. The number of benzene rings is 2. The van der Waals surface area contributed by atoms with Crippen LogP contribution in [0.4, 0.5) is 0 Å². The maximum atomic E-state index is 12.4. The summed E-state index contributed by atoms with van der Waals surface area (Å²) in [5, 5.41) is 11.2. The summed E-state index contributed by atoms with van der Waals surface area (Å²) in [6.07, 6.45) is 3.19. The maximum absolute atomic E-state index is 12.4. The lowest BCUT2D eigenvalue weighted by Crippen LogP contribution is -2.23. The van der Waals surface area contributed by atoms with E-state index in [0.29, 0.717) is 13.2 Å². The number of ether oxygens (including phenoxy) is 1. The largest absolute Gasteiger partial charge is 0.487 e. The second-order valence-electron chi connectivity index (χ2n) is 6.29. The number of carbonyl (C=O) groups excluding carboxylic acids is 1. The first-order valence-electron chi connectivity index (χ1n) is 9.15. The molecule has 2 aromatic carbocycles. The number of pyridine rings is 1. The van der Waals surface area contributed by atoms with Gasteiger partial charge in [-0.05, 0) is 42.0 Å². The fourth-order valence-electron chi connectivity index (χ4n) is 2.71. The molecule has 2 heterocycles. The van der Waals surface area contributed by atoms with E-state index in [9.17, 15) is 4.79 Å². The molecule has 0 saturated carbocycles. The molecule has 4 aromatic rings. The topological polar surface area (TPSA) is 81.9 Å². The molecule has 0 aliphatic heterocycles. The van der Waals surface area contributed by atoms with E-state index in [2.05, 4.69) is 20.5 Å². The van der Waals surface area contributed by atoms with Gasteiger partial charge in [-0.1, -0.05) is 36.4 Å². The van der Waals surface area contributed by atoms with Crippen LogP contribution in [0.5, 0.6) is 5.75 Å². The average molecular weight is 385 g/mol. The number of nitrogens with one attached hydrogen (secondary N) is 1. The Morgan fingerprint density at radius 2 is 1.86 bits per heavy atom. The minimum absolute atomic E-state index is 0.261. The van der Waals surface area contributed by atoms with Crippen molar-refractivity contribution in [2.45, 2.75) is 13.2 Å². The second-order valence-corrected chi connectivity index (χ2v) is 6.29. The lowest BCUT2D eigenvalue weighted by molar-refractivity contribution is 0.0945. The van der Waals surface area contributed by atoms with Crippen molar-refractivity contribution >= 4 is 5.91 Å². The van der Waals surface area contributed by atoms with Gasteiger partial charge in [-0.15, -0.1) is 5.10 Å². The summed E-state index contributed by atoms with van der Waals surface area (Å²) in [5.41, 5.74) is 2.83. The molecule has 7 heteroatoms. The minimum Gasteiger partial charge on any atom is -0.487 e. The maximum Gasteiger partial charge on any atom is 0.273 e. The molecule has 0 spiro atoms. The monoisotopic (exact) mass is 385 g/mol. The lowest BCUT2D eigenvalue weighted by atomic mass is 10.2. The van der Waals surface area contributed by atoms with Gasteiger partial charge < -0.3 is 10.1 Å². The third kappa shape index (κ3) is 4.84. The number of aromatic nitrogens is 4. The molecule has 0 bridgehead atoms. The Hall–Kier alpha value is -4.00. The van der Waals surface area contributed by atoms with E-state index >= 15 is 0 Å². The van der Waals surface area contributed by atoms with Crippen LogP contribution in [0.2, 0.25) is 0 Å². The van der Waals surface area contributed by atoms with Crippen molar-refractivity contribution in [3.05, 3.63) is 102 Å². The van der Waals surface area contributed by atoms with Crippen LogP contribution >= 0.6 is 0 Å². The van der Waals surface area contributed by atoms with Gasteiger partial charge >= 0.3 is 0 Å². The molecule has 1 N–H and O–H groups in total. The van der Waals surface area contributed by atoms with Gasteiger partial charge in [0.25, 0.3) is 5.91 Å². The Morgan fingerprint density at radius 1 is 1.00 bits per heavy atom. The summed E-state index contributed by atoms with van der Waals surface area (Å²) in [6, 6.07) is 22.7. The van der Waals surface area contributed by atoms with Crippen LogP contribution in [-0.2, 0) is 13.2 Å². The average Bonchev–Trinajstić information content (AvgIpc) is 3.28. The van der Waals surface area contributed by atoms with Crippen molar-refractivity contribution in [2.75, 3.05) is 0 Å². The van der Waals surface area contributed by atoms with Crippen LogP contribution in [0.1, 0.15) is 21.7 Å². The predicted octanol–water partition coefficient (Wildman–Crippen LogP) is 3.17. The van der Waals surface area contributed by atoms with Crippen molar-refractivity contribution in [1.29, 1.82) is 0 Å². The highest BCUT2D eigenvalue weighted by molar-refractivity contribution is 5.91. The van der Waals surface area contributed by atoms with E-state index in [0.717, 1.165) is 22.7 Å². The molecule has 0 fully saturated rings. The van der Waals surface area contributed by atoms with Gasteiger partial charge in [0.1, 0.15) is 12.4 Å². The lowest BCUT2D eigenvalue weighted by Gasteiger charge is -2.08. The van der Waals surface area contributed by atoms with E-state index in [-0.39, 0.29) is 11.6 Å². The highest BCUT2D eigenvalue weighted by atomic mass is 16.5. The highest BCUT2D eigenvalue weighted by Crippen LogP contribution is 2.15. The third-order valence-electron chi connectivity index (χ3n) is 4.18. The SMILES string of the molecule is O=C(NCc1cccc(OCc2ccccn2)c1)c1cnn(-c2ccccc2)n1. The zero-order valence-corrected chi connectivity index (χ0v) is 15.6. The van der Waals surface area contributed by atoms with Crippen LogP contribution in [0.25, 0.3) is 5.69 Å². The summed E-state index contributed by atoms with van der Waals surface area (Å²) in [4.78, 5) is 18.1. The van der Waals surface area contributed by atoms with Crippen LogP contribution in [0.15, 0.2) is 85.2 Å². The molecule has 0 saturated heterocycles. The van der Waals surface area contributed by atoms with E-state index in [4.69, 9.17) is 4.74 Å². The van der Waals surface area contributed by atoms with E-state index < -0.39 is 0 Å². The van der Waals surface area contributed by atoms with E-state index in [1.807, 2.05) is 72.8 Å². The zero-order chi connectivity index (χ0) is 19.9. The normalized spacial score (nSPS) is 10.5. The number of hydrogen-bond donors (Lipinski definition) is 1. The van der Waals surface area contributed by atoms with Crippen molar-refractivity contribution < 1.29 is 9.53 Å². The molecule has 0 radical (unpaired) electrons. The molecule has 0 aliphatic carbocycles. The first-order chi connectivity index (χ1) is 14.3. The molecule has 0 unspecified atom stereocenters. The summed E-state index contributed by atoms with van der Waals surface area (Å²) < 4.78 is 5.78. The smallest absolute Gasteiger partial charge is 0.273 e. The summed E-state index contributed by atoms with van der Waals surface area (Å²) in [7, 11) is 0. The molecule has 29 heavy (non-hydrogen) atoms. The number of hydrogen-bond acceptors (Lipinski definition) is 5. The highest BCUT2D eigenvalue weighted by Gasteiger charge is 2.11. The van der Waals surface area contributed by atoms with Gasteiger partial charge in [-0.3, -0.25) is 9.78 Å². The van der Waals surface area contributed by atoms with Gasteiger partial charge in [0, 0.05) is 12.7 Å². The minimum atomic E-state index is -0.285. The molecule has 0 aliphatic rings. The molecule has 0 atom stereocenters. The molecule has 1 amide bonds. The van der Waals surface area contributed by atoms with Gasteiger partial charge in [0.2, 0.25) is 0 Å². The van der Waals surface area contributed by atoms with Crippen molar-refractivity contribution in [3.8, 4) is 11.4 Å². The summed E-state index contributed by atoms with van der Waals surface area (Å²) in [6.45, 7) is 0.747. The van der Waals surface area contributed by atoms with Gasteiger partial charge in [0.05, 0.1) is 17.6 Å². The molecule has 7 nitrogen and oxygen atoms in total. The number of para-hydroxylation sites is 1. The molecular weight excluding hydrogens is 366 g/mol. The van der Waals surface area contributed by atoms with E-state index in [1.165, 1.54) is 11.0 Å². The van der Waals surface area contributed by atoms with Crippen molar-refractivity contribution in [2.24, 2.45) is 0 Å². The Kier molecular flexibility index (Phi) is 5.57. The van der Waals surface area contributed by atoms with Crippen LogP contribution in [-0.4, -0.2) is 25.9 Å². The third-order valence-corrected chi connectivity index (χ3v) is 4.18. The fraction of sp³-hybridized carbons (Fsp3) is 0.0909. The van der Waals surface area contributed by atoms with Crippen LogP contribution in [0.3, 0.4) is 0 Å². The quantitative estimate of drug-likeness (QED) is 0.528. The van der Waals surface area contributed by atoms with Gasteiger partial charge in [-0.25, -0.2) is 0 Å². The molecule has 4 rings (SSSR count). The van der Waals surface area contributed by atoms with Crippen LogP contribution in [0, 0.1) is 0 Å². The van der Waals surface area contributed by atoms with Gasteiger partial charge in [0.15, 0.2) is 5.69 Å². The number of carbonyl (C=O) groups is 1. The van der Waals surface area contributed by atoms with Crippen LogP contribution < -0.4 is 10.1 Å². The Balaban J connectivity index is 1.34. The predicted molar refractivity (Wildman–Crippen MR) is 108 cm³/mol. The standard InChI is InChI=1S/C22H19N5O2/c28-22(21-15-25-27(26-21)19-9-2-1-3-10-19)24-14-17-7-6-11-20(13-17)29-16-18-8-4-5-12-23-18/h1-13,15H,14,16H2,(H,24,28). The number of nitrogens with zero attached hydrogens (tertiary/aromatic N) is 4. The van der Waals surface area contributed by atoms with E-state index in [1.54, 1.807) is 6.20 Å². The summed E-state index contributed by atoms with van der Waals surface area (Å²) >= 11 is 0. The van der Waals surface area contributed by atoms with Crippen molar-refractivity contribution in [1.82, 2.24) is 25.3 Å². The number of rotatable bonds is 7. The fourth-order valence-corrected chi connectivity index (χ4v) is 2.71. The van der Waals surface area contributed by atoms with Crippen molar-refractivity contribution in [3.63, 3.8) is 0 Å². The Labute approximate surface area is 168 Å². The Morgan fingerprint density at radius 3 is 2.69 bits per heavy atom. The second kappa shape index (κ2) is 8.79. The number of amides is 1. The molecule has 144 valence electrons. The van der Waals surface area contributed by atoms with Gasteiger partial charge in [-0.2, -0.15) is 9.90 Å². The first kappa shape index (κ1) is 18.4. The zero-order valence-electron chi connectivity index (χ0n) is 15.6. The molecule has 2 aromatic heterocycles. The first-order valence-corrected chi connectivity index (χ1v) is 9.15. The Bertz CT molecular complexity index is 1080. The molecular formula is C22H19N5O2.